The molecule has 0 radical (unpaired) electrons. The molecule has 196 valence electrons. The van der Waals surface area contributed by atoms with Gasteiger partial charge in [-0.05, 0) is 65.3 Å². The largest absolute Gasteiger partial charge is 0.491 e. The van der Waals surface area contributed by atoms with Crippen LogP contribution in [0.4, 0.5) is 5.88 Å². The molecule has 0 bridgehead atoms. The second-order valence-corrected chi connectivity index (χ2v) is 9.90. The van der Waals surface area contributed by atoms with Gasteiger partial charge in [-0.25, -0.2) is 9.79 Å². The summed E-state index contributed by atoms with van der Waals surface area (Å²) in [5.41, 5.74) is 1.40. The number of aromatic nitrogens is 1. The van der Waals surface area contributed by atoms with E-state index < -0.39 is 12.0 Å². The van der Waals surface area contributed by atoms with E-state index in [-0.39, 0.29) is 18.3 Å². The average molecular weight is 524 g/mol. The number of hydrogen-bond donors (Lipinski definition) is 0. The molecule has 9 heteroatoms. The number of thiazole rings is 1. The smallest absolute Gasteiger partial charge is 0.338 e. The summed E-state index contributed by atoms with van der Waals surface area (Å²) in [7, 11) is 0. The Hall–Kier alpha value is -3.59. The Morgan fingerprint density at radius 2 is 1.86 bits per heavy atom. The van der Waals surface area contributed by atoms with E-state index in [2.05, 4.69) is 23.7 Å². The van der Waals surface area contributed by atoms with E-state index in [1.54, 1.807) is 24.5 Å². The fourth-order valence-electron chi connectivity index (χ4n) is 4.36. The van der Waals surface area contributed by atoms with E-state index in [9.17, 15) is 9.59 Å². The number of allylic oxidation sites excluding steroid dienone is 1. The monoisotopic (exact) mass is 523 g/mol. The van der Waals surface area contributed by atoms with Crippen molar-refractivity contribution in [3.8, 4) is 5.75 Å². The summed E-state index contributed by atoms with van der Waals surface area (Å²) in [6.07, 6.45) is 1.77. The number of carbonyl (C=O) groups excluding carboxylic acids is 1. The van der Waals surface area contributed by atoms with Crippen LogP contribution in [0.2, 0.25) is 0 Å². The van der Waals surface area contributed by atoms with Gasteiger partial charge in [0.25, 0.3) is 5.56 Å². The fourth-order valence-corrected chi connectivity index (χ4v) is 5.39. The highest BCUT2D eigenvalue weighted by Gasteiger charge is 2.33. The number of carbonyl (C=O) groups is 1. The molecule has 0 unspecified atom stereocenters. The molecule has 0 saturated carbocycles. The molecule has 1 atom stereocenters. The minimum atomic E-state index is -0.673. The second kappa shape index (κ2) is 11.2. The van der Waals surface area contributed by atoms with Crippen LogP contribution in [0.3, 0.4) is 0 Å². The van der Waals surface area contributed by atoms with Crippen LogP contribution in [0, 0.1) is 0 Å². The summed E-state index contributed by atoms with van der Waals surface area (Å²) in [4.78, 5) is 34.0. The van der Waals surface area contributed by atoms with Gasteiger partial charge in [0.05, 0.1) is 34.6 Å². The first-order valence-corrected chi connectivity index (χ1v) is 13.4. The van der Waals surface area contributed by atoms with Crippen LogP contribution in [0.5, 0.6) is 5.75 Å². The summed E-state index contributed by atoms with van der Waals surface area (Å²) in [6.45, 7) is 13.4. The minimum absolute atomic E-state index is 0.0320. The number of esters is 1. The number of fused-ring (bicyclic) bond motifs is 1. The zero-order valence-electron chi connectivity index (χ0n) is 22.1. The van der Waals surface area contributed by atoms with Crippen molar-refractivity contribution in [3.63, 3.8) is 0 Å². The molecule has 1 aromatic carbocycles. The molecule has 0 aliphatic carbocycles. The minimum Gasteiger partial charge on any atom is -0.491 e. The highest BCUT2D eigenvalue weighted by Crippen LogP contribution is 2.31. The molecule has 37 heavy (non-hydrogen) atoms. The Balaban J connectivity index is 1.84. The van der Waals surface area contributed by atoms with Crippen LogP contribution in [-0.4, -0.2) is 36.3 Å². The third-order valence-electron chi connectivity index (χ3n) is 6.05. The third kappa shape index (κ3) is 5.41. The molecule has 0 fully saturated rings. The number of ether oxygens (including phenoxy) is 2. The van der Waals surface area contributed by atoms with Crippen LogP contribution in [-0.2, 0) is 9.53 Å². The summed E-state index contributed by atoms with van der Waals surface area (Å²) < 4.78 is 19.2. The number of benzene rings is 1. The van der Waals surface area contributed by atoms with Crippen molar-refractivity contribution in [1.29, 1.82) is 0 Å². The molecular weight excluding hydrogens is 490 g/mol. The van der Waals surface area contributed by atoms with E-state index in [1.165, 1.54) is 11.3 Å². The van der Waals surface area contributed by atoms with E-state index in [0.717, 1.165) is 24.5 Å². The number of rotatable bonds is 9. The summed E-state index contributed by atoms with van der Waals surface area (Å²) in [5.74, 6) is 1.57. The van der Waals surface area contributed by atoms with E-state index in [4.69, 9.17) is 13.9 Å². The van der Waals surface area contributed by atoms with Crippen molar-refractivity contribution in [1.82, 2.24) is 4.57 Å². The molecule has 3 aromatic rings. The first-order valence-electron chi connectivity index (χ1n) is 12.6. The van der Waals surface area contributed by atoms with E-state index in [1.807, 2.05) is 50.2 Å². The normalized spacial score (nSPS) is 15.5. The van der Waals surface area contributed by atoms with Gasteiger partial charge in [-0.1, -0.05) is 23.5 Å². The molecule has 0 spiro atoms. The highest BCUT2D eigenvalue weighted by atomic mass is 32.1. The number of hydrogen-bond acceptors (Lipinski definition) is 8. The van der Waals surface area contributed by atoms with Crippen LogP contribution in [0.25, 0.3) is 6.08 Å². The maximum atomic E-state index is 13.7. The zero-order chi connectivity index (χ0) is 26.7. The van der Waals surface area contributed by atoms with Gasteiger partial charge < -0.3 is 18.8 Å². The zero-order valence-corrected chi connectivity index (χ0v) is 22.9. The summed E-state index contributed by atoms with van der Waals surface area (Å²) in [6, 6.07) is 10.5. The Labute approximate surface area is 220 Å². The molecule has 0 N–H and O–H groups in total. The Kier molecular flexibility index (Phi) is 8.02. The van der Waals surface area contributed by atoms with Gasteiger partial charge in [0.2, 0.25) is 0 Å². The van der Waals surface area contributed by atoms with Gasteiger partial charge in [-0.2, -0.15) is 0 Å². The third-order valence-corrected chi connectivity index (χ3v) is 7.03. The lowest BCUT2D eigenvalue weighted by molar-refractivity contribution is -0.139. The molecule has 4 rings (SSSR count). The Bertz CT molecular complexity index is 1470. The quantitative estimate of drug-likeness (QED) is 0.394. The Morgan fingerprint density at radius 3 is 2.49 bits per heavy atom. The second-order valence-electron chi connectivity index (χ2n) is 8.89. The SMILES string of the molecule is CCOC(=O)C1=C(C)N=c2s/c(=C\c3ccc(N(CC)CC)o3)c(=O)n2[C@H]1c1ccc(OC(C)C)cc1. The lowest BCUT2D eigenvalue weighted by Crippen LogP contribution is -2.39. The highest BCUT2D eigenvalue weighted by molar-refractivity contribution is 7.07. The lowest BCUT2D eigenvalue weighted by atomic mass is 9.96. The summed E-state index contributed by atoms with van der Waals surface area (Å²) >= 11 is 1.27. The van der Waals surface area contributed by atoms with Crippen LogP contribution in [0.1, 0.15) is 58.9 Å². The van der Waals surface area contributed by atoms with Crippen LogP contribution >= 0.6 is 11.3 Å². The van der Waals surface area contributed by atoms with Gasteiger partial charge in [-0.15, -0.1) is 0 Å². The summed E-state index contributed by atoms with van der Waals surface area (Å²) in [5, 5.41) is 0. The Morgan fingerprint density at radius 1 is 1.16 bits per heavy atom. The topological polar surface area (TPSA) is 86.3 Å². The van der Waals surface area contributed by atoms with Gasteiger partial charge in [0.1, 0.15) is 11.5 Å². The molecule has 2 aromatic heterocycles. The number of anilines is 1. The first-order chi connectivity index (χ1) is 17.8. The maximum Gasteiger partial charge on any atom is 0.338 e. The predicted octanol–water partition coefficient (Wildman–Crippen LogP) is 4.02. The van der Waals surface area contributed by atoms with Crippen molar-refractivity contribution >= 4 is 29.3 Å². The predicted molar refractivity (Wildman–Crippen MR) is 145 cm³/mol. The molecule has 0 saturated heterocycles. The number of furan rings is 1. The molecule has 1 aliphatic heterocycles. The van der Waals surface area contributed by atoms with Gasteiger partial charge in [-0.3, -0.25) is 9.36 Å². The fraction of sp³-hybridized carbons (Fsp3) is 0.393. The van der Waals surface area contributed by atoms with Crippen molar-refractivity contribution < 1.29 is 18.7 Å². The van der Waals surface area contributed by atoms with Crippen LogP contribution < -0.4 is 24.5 Å². The number of nitrogens with zero attached hydrogens (tertiary/aromatic N) is 3. The van der Waals surface area contributed by atoms with E-state index in [0.29, 0.717) is 32.1 Å². The van der Waals surface area contributed by atoms with E-state index >= 15 is 0 Å². The van der Waals surface area contributed by atoms with Crippen molar-refractivity contribution in [2.24, 2.45) is 4.99 Å². The molecular formula is C28H33N3O5S. The van der Waals surface area contributed by atoms with Gasteiger partial charge in [0.15, 0.2) is 10.7 Å². The maximum absolute atomic E-state index is 13.7. The van der Waals surface area contributed by atoms with Crippen molar-refractivity contribution in [2.75, 3.05) is 24.6 Å². The lowest BCUT2D eigenvalue weighted by Gasteiger charge is -2.25. The first kappa shape index (κ1) is 26.5. The molecule has 0 amide bonds. The van der Waals surface area contributed by atoms with Gasteiger partial charge >= 0.3 is 5.97 Å². The van der Waals surface area contributed by atoms with Crippen molar-refractivity contribution in [3.05, 3.63) is 78.7 Å². The van der Waals surface area contributed by atoms with Gasteiger partial charge in [0, 0.05) is 25.2 Å². The standard InChI is InChI=1S/C28H33N3O5S/c1-7-30(8-2)23-15-14-21(36-23)16-22-26(32)31-25(19-10-12-20(13-11-19)35-17(4)5)24(27(33)34-9-3)18(6)29-28(31)37-22/h10-17,25H,7-9H2,1-6H3/b22-16-/t25-/m0/s1. The average Bonchev–Trinajstić information content (AvgIpc) is 3.44. The molecule has 1 aliphatic rings. The molecule has 3 heterocycles. The van der Waals surface area contributed by atoms with Crippen molar-refractivity contribution in [2.45, 2.75) is 53.7 Å². The van der Waals surface area contributed by atoms with Crippen LogP contribution in [0.15, 0.2) is 61.9 Å². The molecule has 8 nitrogen and oxygen atoms in total.